The number of fused-ring (bicyclic) bond motifs is 1. The Balaban J connectivity index is 2.14. The van der Waals surface area contributed by atoms with Crippen LogP contribution in [-0.4, -0.2) is 44.8 Å². The van der Waals surface area contributed by atoms with Gasteiger partial charge in [-0.1, -0.05) is 13.8 Å². The van der Waals surface area contributed by atoms with Crippen molar-refractivity contribution in [3.05, 3.63) is 29.3 Å². The Morgan fingerprint density at radius 1 is 1.39 bits per heavy atom. The van der Waals surface area contributed by atoms with Crippen LogP contribution in [0.15, 0.2) is 18.2 Å². The van der Waals surface area contributed by atoms with Gasteiger partial charge in [0.25, 0.3) is 5.91 Å². The molecule has 0 radical (unpaired) electrons. The Hall–Kier alpha value is -2.08. The fraction of sp³-hybridized carbons (Fsp3) is 0.529. The molecule has 1 aromatic rings. The molecule has 23 heavy (non-hydrogen) atoms. The second kappa shape index (κ2) is 7.97. The van der Waals surface area contributed by atoms with Gasteiger partial charge in [-0.15, -0.1) is 0 Å². The van der Waals surface area contributed by atoms with Gasteiger partial charge in [-0.2, -0.15) is 0 Å². The van der Waals surface area contributed by atoms with E-state index in [9.17, 15) is 9.59 Å². The number of esters is 1. The van der Waals surface area contributed by atoms with E-state index in [4.69, 9.17) is 14.2 Å². The van der Waals surface area contributed by atoms with Crippen LogP contribution in [0.1, 0.15) is 41.0 Å². The van der Waals surface area contributed by atoms with E-state index >= 15 is 0 Å². The van der Waals surface area contributed by atoms with Gasteiger partial charge in [0.05, 0.1) is 17.7 Å². The van der Waals surface area contributed by atoms with Crippen LogP contribution in [0.25, 0.3) is 0 Å². The predicted octanol–water partition coefficient (Wildman–Crippen LogP) is 2.03. The molecule has 0 aromatic heterocycles. The Morgan fingerprint density at radius 2 is 2.17 bits per heavy atom. The lowest BCUT2D eigenvalue weighted by atomic mass is 10.0. The first-order chi connectivity index (χ1) is 11.0. The molecule has 1 aromatic carbocycles. The number of rotatable bonds is 6. The number of carbonyl (C=O) groups is 2. The molecule has 1 N–H and O–H groups in total. The van der Waals surface area contributed by atoms with Crippen molar-refractivity contribution < 1.29 is 23.8 Å². The lowest BCUT2D eigenvalue weighted by Crippen LogP contribution is -2.26. The summed E-state index contributed by atoms with van der Waals surface area (Å²) in [6.07, 6.45) is 0.403. The summed E-state index contributed by atoms with van der Waals surface area (Å²) >= 11 is 0. The Morgan fingerprint density at radius 3 is 2.87 bits per heavy atom. The maximum absolute atomic E-state index is 12.4. The van der Waals surface area contributed by atoms with E-state index in [2.05, 4.69) is 5.32 Å². The number of amides is 1. The summed E-state index contributed by atoms with van der Waals surface area (Å²) < 4.78 is 16.1. The van der Waals surface area contributed by atoms with Gasteiger partial charge in [-0.05, 0) is 24.1 Å². The minimum absolute atomic E-state index is 0.182. The van der Waals surface area contributed by atoms with Gasteiger partial charge < -0.3 is 19.5 Å². The monoisotopic (exact) mass is 321 g/mol. The molecule has 1 atom stereocenters. The van der Waals surface area contributed by atoms with Gasteiger partial charge in [-0.3, -0.25) is 4.79 Å². The summed E-state index contributed by atoms with van der Waals surface area (Å²) in [7, 11) is 1.62. The van der Waals surface area contributed by atoms with Crippen molar-refractivity contribution in [2.75, 3.05) is 26.9 Å². The highest BCUT2D eigenvalue weighted by Crippen LogP contribution is 2.23. The first-order valence-electron chi connectivity index (χ1n) is 7.78. The van der Waals surface area contributed by atoms with Crippen LogP contribution in [-0.2, 0) is 9.47 Å². The molecule has 6 heteroatoms. The van der Waals surface area contributed by atoms with Gasteiger partial charge in [-0.25, -0.2) is 4.79 Å². The van der Waals surface area contributed by atoms with Crippen molar-refractivity contribution in [3.63, 3.8) is 0 Å². The van der Waals surface area contributed by atoms with Gasteiger partial charge in [0.1, 0.15) is 18.5 Å². The smallest absolute Gasteiger partial charge is 0.338 e. The van der Waals surface area contributed by atoms with Crippen LogP contribution < -0.4 is 10.1 Å². The Kier molecular flexibility index (Phi) is 5.98. The SMILES string of the molecule is COCCC(OC(=O)c1ccc2c(c1)C(=O)NCCO2)C(C)C. The van der Waals surface area contributed by atoms with E-state index in [0.29, 0.717) is 43.1 Å². The molecule has 0 spiro atoms. The van der Waals surface area contributed by atoms with Crippen molar-refractivity contribution in [2.24, 2.45) is 5.92 Å². The minimum Gasteiger partial charge on any atom is -0.491 e. The highest BCUT2D eigenvalue weighted by molar-refractivity contribution is 6.00. The van der Waals surface area contributed by atoms with Crippen LogP contribution in [0.4, 0.5) is 0 Å². The maximum Gasteiger partial charge on any atom is 0.338 e. The number of carbonyl (C=O) groups excluding carboxylic acids is 2. The van der Waals surface area contributed by atoms with Crippen LogP contribution in [0.2, 0.25) is 0 Å². The lowest BCUT2D eigenvalue weighted by Gasteiger charge is -2.21. The molecule has 1 unspecified atom stereocenters. The van der Waals surface area contributed by atoms with Crippen LogP contribution >= 0.6 is 0 Å². The van der Waals surface area contributed by atoms with E-state index in [-0.39, 0.29) is 17.9 Å². The van der Waals surface area contributed by atoms with Crippen molar-refractivity contribution in [1.82, 2.24) is 5.32 Å². The quantitative estimate of drug-likeness (QED) is 0.812. The summed E-state index contributed by atoms with van der Waals surface area (Å²) in [6.45, 7) is 5.36. The molecule has 1 heterocycles. The highest BCUT2D eigenvalue weighted by Gasteiger charge is 2.22. The topological polar surface area (TPSA) is 73.9 Å². The lowest BCUT2D eigenvalue weighted by molar-refractivity contribution is 0.00831. The van der Waals surface area contributed by atoms with Gasteiger partial charge in [0, 0.05) is 20.1 Å². The summed E-state index contributed by atoms with van der Waals surface area (Å²) in [5.41, 5.74) is 0.697. The minimum atomic E-state index is -0.445. The fourth-order valence-corrected chi connectivity index (χ4v) is 2.35. The van der Waals surface area contributed by atoms with E-state index in [1.807, 2.05) is 13.8 Å². The molecule has 0 saturated heterocycles. The van der Waals surface area contributed by atoms with Gasteiger partial charge >= 0.3 is 5.97 Å². The molecule has 1 aliphatic heterocycles. The number of hydrogen-bond acceptors (Lipinski definition) is 5. The summed E-state index contributed by atoms with van der Waals surface area (Å²) in [5, 5.41) is 2.72. The summed E-state index contributed by atoms with van der Waals surface area (Å²) in [5.74, 6) is -0.0236. The van der Waals surface area contributed by atoms with Crippen LogP contribution in [0, 0.1) is 5.92 Å². The average molecular weight is 321 g/mol. The second-order valence-electron chi connectivity index (χ2n) is 5.78. The molecule has 0 fully saturated rings. The van der Waals surface area contributed by atoms with E-state index in [0.717, 1.165) is 0 Å². The molecule has 0 aliphatic carbocycles. The van der Waals surface area contributed by atoms with E-state index in [1.54, 1.807) is 19.2 Å². The van der Waals surface area contributed by atoms with Crippen molar-refractivity contribution in [2.45, 2.75) is 26.4 Å². The molecule has 126 valence electrons. The van der Waals surface area contributed by atoms with Gasteiger partial charge in [0.15, 0.2) is 0 Å². The molecular formula is C17H23NO5. The standard InChI is InChI=1S/C17H23NO5/c1-11(2)14(6-8-21-3)23-17(20)12-4-5-15-13(10-12)16(19)18-7-9-22-15/h4-5,10-11,14H,6-9H2,1-3H3,(H,18,19). The maximum atomic E-state index is 12.4. The van der Waals surface area contributed by atoms with E-state index < -0.39 is 5.97 Å². The number of hydrogen-bond donors (Lipinski definition) is 1. The third-order valence-electron chi connectivity index (χ3n) is 3.71. The summed E-state index contributed by atoms with van der Waals surface area (Å²) in [6, 6.07) is 4.77. The van der Waals surface area contributed by atoms with Crippen molar-refractivity contribution >= 4 is 11.9 Å². The molecule has 0 bridgehead atoms. The number of methoxy groups -OCH3 is 1. The zero-order valence-electron chi connectivity index (χ0n) is 13.8. The molecular weight excluding hydrogens is 298 g/mol. The summed E-state index contributed by atoms with van der Waals surface area (Å²) in [4.78, 5) is 24.4. The molecule has 1 aliphatic rings. The largest absolute Gasteiger partial charge is 0.491 e. The fourth-order valence-electron chi connectivity index (χ4n) is 2.35. The second-order valence-corrected chi connectivity index (χ2v) is 5.78. The molecule has 0 saturated carbocycles. The third kappa shape index (κ3) is 4.45. The average Bonchev–Trinajstić information content (AvgIpc) is 2.72. The number of benzene rings is 1. The van der Waals surface area contributed by atoms with Crippen LogP contribution in [0.3, 0.4) is 0 Å². The predicted molar refractivity (Wildman–Crippen MR) is 84.8 cm³/mol. The third-order valence-corrected chi connectivity index (χ3v) is 3.71. The first kappa shape index (κ1) is 17.3. The zero-order valence-corrected chi connectivity index (χ0v) is 13.8. The van der Waals surface area contributed by atoms with Crippen molar-refractivity contribution in [1.29, 1.82) is 0 Å². The Bertz CT molecular complexity index is 570. The van der Waals surface area contributed by atoms with E-state index in [1.165, 1.54) is 6.07 Å². The number of nitrogens with one attached hydrogen (secondary N) is 1. The van der Waals surface area contributed by atoms with Crippen molar-refractivity contribution in [3.8, 4) is 5.75 Å². The van der Waals surface area contributed by atoms with Gasteiger partial charge in [0.2, 0.25) is 0 Å². The molecule has 2 rings (SSSR count). The molecule has 6 nitrogen and oxygen atoms in total. The zero-order chi connectivity index (χ0) is 16.8. The molecule has 1 amide bonds. The first-order valence-corrected chi connectivity index (χ1v) is 7.78. The van der Waals surface area contributed by atoms with Crippen LogP contribution in [0.5, 0.6) is 5.75 Å². The highest BCUT2D eigenvalue weighted by atomic mass is 16.5. The number of ether oxygens (including phenoxy) is 3. The normalized spacial score (nSPS) is 15.2. The Labute approximate surface area is 136 Å².